The molecule has 0 aliphatic carbocycles. The van der Waals surface area contributed by atoms with Crippen LogP contribution in [0.25, 0.3) is 0 Å². The lowest BCUT2D eigenvalue weighted by Crippen LogP contribution is -2.43. The molecule has 1 N–H and O–H groups in total. The Hall–Kier alpha value is -2.45. The van der Waals surface area contributed by atoms with Crippen LogP contribution in [0.5, 0.6) is 5.75 Å². The molecule has 4 rings (SSSR count). The SMILES string of the molecule is CC1Oc2c(cccc2C(=O)N2CCOC(c3nccs3)C2)NC1=O. The van der Waals surface area contributed by atoms with E-state index in [2.05, 4.69) is 10.3 Å². The van der Waals surface area contributed by atoms with Crippen LogP contribution in [0.4, 0.5) is 5.69 Å². The molecule has 3 heterocycles. The van der Waals surface area contributed by atoms with Crippen molar-refractivity contribution >= 4 is 28.8 Å². The molecule has 130 valence electrons. The van der Waals surface area contributed by atoms with Crippen molar-refractivity contribution in [1.82, 2.24) is 9.88 Å². The summed E-state index contributed by atoms with van der Waals surface area (Å²) in [6.07, 6.45) is 0.890. The van der Waals surface area contributed by atoms with Gasteiger partial charge in [-0.3, -0.25) is 9.59 Å². The number of fused-ring (bicyclic) bond motifs is 1. The Bertz CT molecular complexity index is 808. The molecule has 1 aromatic heterocycles. The van der Waals surface area contributed by atoms with Crippen molar-refractivity contribution in [3.8, 4) is 5.75 Å². The zero-order valence-corrected chi connectivity index (χ0v) is 14.4. The molecule has 0 bridgehead atoms. The average molecular weight is 359 g/mol. The number of para-hydroxylation sites is 1. The molecule has 2 aliphatic rings. The maximum absolute atomic E-state index is 13.0. The van der Waals surface area contributed by atoms with E-state index < -0.39 is 6.10 Å². The van der Waals surface area contributed by atoms with E-state index in [1.165, 1.54) is 11.3 Å². The number of aromatic nitrogens is 1. The highest BCUT2D eigenvalue weighted by atomic mass is 32.1. The predicted octanol–water partition coefficient (Wildman–Crippen LogP) is 2.08. The molecule has 0 spiro atoms. The molecule has 1 fully saturated rings. The van der Waals surface area contributed by atoms with Gasteiger partial charge < -0.3 is 19.7 Å². The standard InChI is InChI=1S/C17H17N3O4S/c1-10-15(21)19-12-4-2-3-11(14(12)24-10)17(22)20-6-7-23-13(9-20)16-18-5-8-25-16/h2-5,8,10,13H,6-7,9H2,1H3,(H,19,21). The number of ether oxygens (including phenoxy) is 2. The van der Waals surface area contributed by atoms with Gasteiger partial charge in [0.15, 0.2) is 11.9 Å². The third-order valence-electron chi connectivity index (χ3n) is 4.25. The summed E-state index contributed by atoms with van der Waals surface area (Å²) in [6.45, 7) is 3.07. The quantitative estimate of drug-likeness (QED) is 0.888. The highest BCUT2D eigenvalue weighted by Crippen LogP contribution is 2.35. The van der Waals surface area contributed by atoms with Crippen molar-refractivity contribution in [2.24, 2.45) is 0 Å². The molecular weight excluding hydrogens is 342 g/mol. The fraction of sp³-hybridized carbons (Fsp3) is 0.353. The van der Waals surface area contributed by atoms with Crippen molar-refractivity contribution < 1.29 is 19.1 Å². The first-order chi connectivity index (χ1) is 12.1. The van der Waals surface area contributed by atoms with Crippen LogP contribution >= 0.6 is 11.3 Å². The minimum atomic E-state index is -0.630. The molecule has 2 atom stereocenters. The Morgan fingerprint density at radius 1 is 1.44 bits per heavy atom. The number of nitrogens with zero attached hydrogens (tertiary/aromatic N) is 2. The number of hydrogen-bond acceptors (Lipinski definition) is 6. The zero-order chi connectivity index (χ0) is 17.4. The third kappa shape index (κ3) is 2.98. The first-order valence-corrected chi connectivity index (χ1v) is 8.92. The van der Waals surface area contributed by atoms with Gasteiger partial charge in [-0.05, 0) is 19.1 Å². The van der Waals surface area contributed by atoms with Gasteiger partial charge in [0.25, 0.3) is 11.8 Å². The molecule has 7 nitrogen and oxygen atoms in total. The number of amides is 2. The van der Waals surface area contributed by atoms with Gasteiger partial charge in [0.05, 0.1) is 24.4 Å². The lowest BCUT2D eigenvalue weighted by atomic mass is 10.1. The number of benzene rings is 1. The normalized spacial score (nSPS) is 22.8. The number of hydrogen-bond donors (Lipinski definition) is 1. The van der Waals surface area contributed by atoms with E-state index in [1.807, 2.05) is 5.38 Å². The molecule has 1 aromatic carbocycles. The van der Waals surface area contributed by atoms with Gasteiger partial charge in [0.2, 0.25) is 0 Å². The van der Waals surface area contributed by atoms with E-state index in [0.717, 1.165) is 5.01 Å². The Kier molecular flexibility index (Phi) is 4.14. The van der Waals surface area contributed by atoms with Crippen molar-refractivity contribution in [3.05, 3.63) is 40.3 Å². The van der Waals surface area contributed by atoms with E-state index in [-0.39, 0.29) is 17.9 Å². The first kappa shape index (κ1) is 16.0. The highest BCUT2D eigenvalue weighted by molar-refractivity contribution is 7.09. The van der Waals surface area contributed by atoms with Crippen molar-refractivity contribution in [2.75, 3.05) is 25.0 Å². The average Bonchev–Trinajstić information content (AvgIpc) is 3.16. The summed E-state index contributed by atoms with van der Waals surface area (Å²) in [5, 5.41) is 5.53. The number of thiazole rings is 1. The summed E-state index contributed by atoms with van der Waals surface area (Å²) in [4.78, 5) is 30.8. The Morgan fingerprint density at radius 3 is 3.12 bits per heavy atom. The summed E-state index contributed by atoms with van der Waals surface area (Å²) in [6, 6.07) is 5.19. The summed E-state index contributed by atoms with van der Waals surface area (Å²) in [5.74, 6) is 0.0780. The van der Waals surface area contributed by atoms with Crippen molar-refractivity contribution in [3.63, 3.8) is 0 Å². The summed E-state index contributed by atoms with van der Waals surface area (Å²) in [5.41, 5.74) is 0.975. The number of carbonyl (C=O) groups is 2. The molecule has 2 unspecified atom stereocenters. The van der Waals surface area contributed by atoms with Gasteiger partial charge in [-0.15, -0.1) is 11.3 Å². The highest BCUT2D eigenvalue weighted by Gasteiger charge is 2.32. The van der Waals surface area contributed by atoms with E-state index in [0.29, 0.717) is 36.7 Å². The van der Waals surface area contributed by atoms with Gasteiger partial charge in [-0.1, -0.05) is 6.07 Å². The van der Waals surface area contributed by atoms with Crippen LogP contribution in [0, 0.1) is 0 Å². The molecule has 8 heteroatoms. The summed E-state index contributed by atoms with van der Waals surface area (Å²) >= 11 is 1.52. The van der Waals surface area contributed by atoms with Gasteiger partial charge in [0, 0.05) is 18.1 Å². The number of carbonyl (C=O) groups excluding carboxylic acids is 2. The number of morpholine rings is 1. The number of rotatable bonds is 2. The lowest BCUT2D eigenvalue weighted by molar-refractivity contribution is -0.122. The largest absolute Gasteiger partial charge is 0.478 e. The monoisotopic (exact) mass is 359 g/mol. The van der Waals surface area contributed by atoms with Crippen LogP contribution in [0.1, 0.15) is 28.4 Å². The Balaban J connectivity index is 1.59. The first-order valence-electron chi connectivity index (χ1n) is 8.04. The fourth-order valence-electron chi connectivity index (χ4n) is 2.94. The van der Waals surface area contributed by atoms with Crippen LogP contribution in [0.2, 0.25) is 0 Å². The van der Waals surface area contributed by atoms with Gasteiger partial charge in [-0.2, -0.15) is 0 Å². The molecule has 0 saturated carbocycles. The van der Waals surface area contributed by atoms with Crippen LogP contribution in [-0.2, 0) is 9.53 Å². The van der Waals surface area contributed by atoms with Crippen LogP contribution in [0.3, 0.4) is 0 Å². The minimum Gasteiger partial charge on any atom is -0.478 e. The second kappa shape index (κ2) is 6.45. The molecule has 0 radical (unpaired) electrons. The van der Waals surface area contributed by atoms with Gasteiger partial charge in [-0.25, -0.2) is 4.98 Å². The number of anilines is 1. The van der Waals surface area contributed by atoms with Crippen molar-refractivity contribution in [1.29, 1.82) is 0 Å². The summed E-state index contributed by atoms with van der Waals surface area (Å²) < 4.78 is 11.4. The zero-order valence-electron chi connectivity index (χ0n) is 13.6. The fourth-order valence-corrected chi connectivity index (χ4v) is 3.62. The molecule has 1 saturated heterocycles. The maximum atomic E-state index is 13.0. The third-order valence-corrected chi connectivity index (χ3v) is 5.12. The predicted molar refractivity (Wildman–Crippen MR) is 91.9 cm³/mol. The smallest absolute Gasteiger partial charge is 0.265 e. The number of nitrogens with one attached hydrogen (secondary N) is 1. The summed E-state index contributed by atoms with van der Waals surface area (Å²) in [7, 11) is 0. The van der Waals surface area contributed by atoms with Gasteiger partial charge >= 0.3 is 0 Å². The van der Waals surface area contributed by atoms with E-state index in [9.17, 15) is 9.59 Å². The second-order valence-electron chi connectivity index (χ2n) is 5.91. The molecule has 2 aromatic rings. The van der Waals surface area contributed by atoms with E-state index in [1.54, 1.807) is 36.2 Å². The Morgan fingerprint density at radius 2 is 2.32 bits per heavy atom. The minimum absolute atomic E-state index is 0.134. The topological polar surface area (TPSA) is 80.8 Å². The molecule has 2 amide bonds. The van der Waals surface area contributed by atoms with Gasteiger partial charge in [0.1, 0.15) is 11.1 Å². The molecule has 2 aliphatic heterocycles. The maximum Gasteiger partial charge on any atom is 0.265 e. The second-order valence-corrected chi connectivity index (χ2v) is 6.84. The molecular formula is C17H17N3O4S. The lowest BCUT2D eigenvalue weighted by Gasteiger charge is -2.33. The van der Waals surface area contributed by atoms with E-state index >= 15 is 0 Å². The van der Waals surface area contributed by atoms with Crippen molar-refractivity contribution in [2.45, 2.75) is 19.1 Å². The van der Waals surface area contributed by atoms with Crippen LogP contribution < -0.4 is 10.1 Å². The molecule has 25 heavy (non-hydrogen) atoms. The van der Waals surface area contributed by atoms with Crippen LogP contribution in [0.15, 0.2) is 29.8 Å². The Labute approximate surface area is 148 Å². The van der Waals surface area contributed by atoms with E-state index in [4.69, 9.17) is 9.47 Å². The van der Waals surface area contributed by atoms with Crippen LogP contribution in [-0.4, -0.2) is 47.5 Å².